The van der Waals surface area contributed by atoms with Gasteiger partial charge in [0.05, 0.1) is 20.8 Å². The number of hydrogen-bond acceptors (Lipinski definition) is 8. The Morgan fingerprint density at radius 1 is 1.00 bits per heavy atom. The smallest absolute Gasteiger partial charge is 0.339 e. The minimum absolute atomic E-state index is 0.0208. The number of thioether (sulfide) groups is 1. The van der Waals surface area contributed by atoms with E-state index in [2.05, 4.69) is 31.9 Å². The lowest BCUT2D eigenvalue weighted by atomic mass is 10.2. The van der Waals surface area contributed by atoms with Gasteiger partial charge in [0.2, 0.25) is 0 Å². The molecule has 4 rings (SSSR count). The molecule has 0 aromatic heterocycles. The number of amides is 2. The molecule has 1 aliphatic rings. The monoisotopic (exact) mass is 652 g/mol. The van der Waals surface area contributed by atoms with Crippen LogP contribution in [0.2, 0.25) is 0 Å². The molecule has 0 spiro atoms. The minimum Gasteiger partial charge on any atom is -0.378 e. The Hall–Kier alpha value is -3.00. The second-order valence-corrected chi connectivity index (χ2v) is 11.6. The molecule has 0 unspecified atom stereocenters. The molecule has 2 amide bonds. The third kappa shape index (κ3) is 5.69. The highest BCUT2D eigenvalue weighted by atomic mass is 79.9. The lowest BCUT2D eigenvalue weighted by molar-refractivity contribution is -0.384. The summed E-state index contributed by atoms with van der Waals surface area (Å²) in [5.41, 5.74) is 1.08. The van der Waals surface area contributed by atoms with Crippen molar-refractivity contribution in [2.24, 2.45) is 0 Å². The molecule has 0 atom stereocenters. The van der Waals surface area contributed by atoms with E-state index in [9.17, 15) is 28.1 Å². The molecule has 0 aliphatic carbocycles. The molecule has 9 nitrogen and oxygen atoms in total. The first-order valence-electron chi connectivity index (χ1n) is 10.0. The predicted molar refractivity (Wildman–Crippen MR) is 141 cm³/mol. The number of nitro groups is 1. The van der Waals surface area contributed by atoms with Crippen molar-refractivity contribution in [1.82, 2.24) is 4.90 Å². The number of hydrogen-bond donors (Lipinski definition) is 0. The van der Waals surface area contributed by atoms with Gasteiger partial charge in [0.15, 0.2) is 5.75 Å². The van der Waals surface area contributed by atoms with Gasteiger partial charge in [-0.15, -0.1) is 0 Å². The van der Waals surface area contributed by atoms with Gasteiger partial charge in [-0.25, -0.2) is 0 Å². The number of imide groups is 1. The maximum absolute atomic E-state index is 12.8. The van der Waals surface area contributed by atoms with Crippen molar-refractivity contribution in [2.45, 2.75) is 11.4 Å². The predicted octanol–water partition coefficient (Wildman–Crippen LogP) is 6.12. The zero-order valence-corrected chi connectivity index (χ0v) is 22.8. The number of halogens is 2. The molecule has 0 bridgehead atoms. The van der Waals surface area contributed by atoms with E-state index in [1.165, 1.54) is 18.2 Å². The third-order valence-electron chi connectivity index (χ3n) is 4.95. The van der Waals surface area contributed by atoms with Crippen LogP contribution < -0.4 is 4.18 Å². The average Bonchev–Trinajstić information content (AvgIpc) is 3.09. The van der Waals surface area contributed by atoms with E-state index < -0.39 is 26.2 Å². The lowest BCUT2D eigenvalue weighted by Gasteiger charge is -2.13. The molecule has 0 saturated carbocycles. The standard InChI is InChI=1S/C23H14Br2N2O7S2/c24-18-4-2-1-3-15(18)13-26-22(28)21(35-23(26)29)12-14-5-10-20(19(25)11-14)34-36(32,33)17-8-6-16(7-9-17)27(30)31/h1-12H,13H2/b21-12-. The molecule has 0 N–H and O–H groups in total. The molecular weight excluding hydrogens is 640 g/mol. The average molecular weight is 654 g/mol. The summed E-state index contributed by atoms with van der Waals surface area (Å²) in [6.07, 6.45) is 1.53. The van der Waals surface area contributed by atoms with Gasteiger partial charge in [-0.2, -0.15) is 8.42 Å². The fraction of sp³-hybridized carbons (Fsp3) is 0.0435. The lowest BCUT2D eigenvalue weighted by Crippen LogP contribution is -2.27. The van der Waals surface area contributed by atoms with Gasteiger partial charge in [-0.05, 0) is 75.2 Å². The van der Waals surface area contributed by atoms with E-state index in [4.69, 9.17) is 4.18 Å². The third-order valence-corrected chi connectivity index (χ3v) is 8.50. The highest BCUT2D eigenvalue weighted by Gasteiger charge is 2.35. The number of carbonyl (C=O) groups excluding carboxylic acids is 2. The van der Waals surface area contributed by atoms with Crippen LogP contribution in [0.25, 0.3) is 6.08 Å². The van der Waals surface area contributed by atoms with Crippen LogP contribution in [0.4, 0.5) is 10.5 Å². The van der Waals surface area contributed by atoms with Crippen LogP contribution in [0.15, 0.2) is 85.5 Å². The first-order valence-corrected chi connectivity index (χ1v) is 13.8. The van der Waals surface area contributed by atoms with Gasteiger partial charge in [-0.3, -0.25) is 24.6 Å². The van der Waals surface area contributed by atoms with E-state index >= 15 is 0 Å². The van der Waals surface area contributed by atoms with Crippen molar-refractivity contribution < 1.29 is 27.1 Å². The van der Waals surface area contributed by atoms with E-state index in [0.717, 1.165) is 51.0 Å². The summed E-state index contributed by atoms with van der Waals surface area (Å²) in [4.78, 5) is 36.6. The Morgan fingerprint density at radius 2 is 1.69 bits per heavy atom. The van der Waals surface area contributed by atoms with Gasteiger partial charge in [0.1, 0.15) is 4.90 Å². The Labute approximate surface area is 226 Å². The van der Waals surface area contributed by atoms with Crippen molar-refractivity contribution in [1.29, 1.82) is 0 Å². The number of benzene rings is 3. The number of nitro benzene ring substituents is 1. The molecule has 3 aromatic carbocycles. The molecule has 184 valence electrons. The molecule has 3 aromatic rings. The topological polar surface area (TPSA) is 124 Å². The Kier molecular flexibility index (Phi) is 7.64. The first-order chi connectivity index (χ1) is 17.0. The molecular formula is C23H14Br2N2O7S2. The SMILES string of the molecule is O=C1S/C(=C\c2ccc(OS(=O)(=O)c3ccc([N+](=O)[O-])cc3)c(Br)c2)C(=O)N1Cc1ccccc1Br. The second-order valence-electron chi connectivity index (χ2n) is 7.34. The van der Waals surface area contributed by atoms with Gasteiger partial charge in [-0.1, -0.05) is 40.2 Å². The summed E-state index contributed by atoms with van der Waals surface area (Å²) in [5.74, 6) is -0.453. The molecule has 1 heterocycles. The summed E-state index contributed by atoms with van der Waals surface area (Å²) in [6, 6.07) is 16.1. The van der Waals surface area contributed by atoms with Crippen LogP contribution in [0.3, 0.4) is 0 Å². The van der Waals surface area contributed by atoms with Gasteiger partial charge in [0, 0.05) is 16.6 Å². The van der Waals surface area contributed by atoms with Crippen molar-refractivity contribution in [3.05, 3.63) is 102 Å². The highest BCUT2D eigenvalue weighted by Crippen LogP contribution is 2.36. The number of rotatable bonds is 7. The van der Waals surface area contributed by atoms with Crippen molar-refractivity contribution >= 4 is 76.6 Å². The molecule has 0 radical (unpaired) electrons. The quantitative estimate of drug-likeness (QED) is 0.129. The van der Waals surface area contributed by atoms with Crippen molar-refractivity contribution in [3.8, 4) is 5.75 Å². The number of carbonyl (C=O) groups is 2. The number of nitrogens with zero attached hydrogens (tertiary/aromatic N) is 2. The summed E-state index contributed by atoms with van der Waals surface area (Å²) in [7, 11) is -4.25. The van der Waals surface area contributed by atoms with Crippen LogP contribution in [-0.4, -0.2) is 29.4 Å². The van der Waals surface area contributed by atoms with Crippen molar-refractivity contribution in [2.75, 3.05) is 0 Å². The summed E-state index contributed by atoms with van der Waals surface area (Å²) >= 11 is 7.49. The Morgan fingerprint density at radius 3 is 2.33 bits per heavy atom. The van der Waals surface area contributed by atoms with E-state index in [0.29, 0.717) is 5.56 Å². The van der Waals surface area contributed by atoms with Crippen LogP contribution in [0.5, 0.6) is 5.75 Å². The highest BCUT2D eigenvalue weighted by molar-refractivity contribution is 9.10. The molecule has 1 fully saturated rings. The molecule has 13 heteroatoms. The maximum Gasteiger partial charge on any atom is 0.339 e. The van der Waals surface area contributed by atoms with Crippen molar-refractivity contribution in [3.63, 3.8) is 0 Å². The van der Waals surface area contributed by atoms with E-state index in [1.807, 2.05) is 24.3 Å². The largest absolute Gasteiger partial charge is 0.378 e. The maximum atomic E-state index is 12.8. The fourth-order valence-electron chi connectivity index (χ4n) is 3.16. The summed E-state index contributed by atoms with van der Waals surface area (Å²) < 4.78 is 31.4. The normalized spacial score (nSPS) is 14.9. The fourth-order valence-corrected chi connectivity index (χ4v) is 5.94. The number of non-ortho nitro benzene ring substituents is 1. The van der Waals surface area contributed by atoms with Gasteiger partial charge in [0.25, 0.3) is 16.8 Å². The van der Waals surface area contributed by atoms with Gasteiger partial charge >= 0.3 is 10.1 Å². The molecule has 36 heavy (non-hydrogen) atoms. The summed E-state index contributed by atoms with van der Waals surface area (Å²) in [6.45, 7) is 0.125. The first kappa shape index (κ1) is 26.1. The Balaban J connectivity index is 1.51. The zero-order chi connectivity index (χ0) is 26.0. The second kappa shape index (κ2) is 10.5. The van der Waals surface area contributed by atoms with E-state index in [-0.39, 0.29) is 32.3 Å². The zero-order valence-electron chi connectivity index (χ0n) is 18.0. The van der Waals surface area contributed by atoms with Gasteiger partial charge < -0.3 is 4.18 Å². The van der Waals surface area contributed by atoms with Crippen LogP contribution >= 0.6 is 43.6 Å². The molecule has 1 saturated heterocycles. The Bertz CT molecular complexity index is 1520. The van der Waals surface area contributed by atoms with Crippen LogP contribution in [0, 0.1) is 10.1 Å². The van der Waals surface area contributed by atoms with E-state index in [1.54, 1.807) is 6.07 Å². The van der Waals surface area contributed by atoms with Crippen LogP contribution in [-0.2, 0) is 21.5 Å². The summed E-state index contributed by atoms with van der Waals surface area (Å²) in [5, 5.41) is 10.4. The molecule has 1 aliphatic heterocycles. The van der Waals surface area contributed by atoms with Crippen LogP contribution in [0.1, 0.15) is 11.1 Å². The minimum atomic E-state index is -4.25.